The van der Waals surface area contributed by atoms with Crippen molar-refractivity contribution in [3.8, 4) is 0 Å². The second-order valence-electron chi connectivity index (χ2n) is 6.25. The number of hydrogen-bond acceptors (Lipinski definition) is 3. The van der Waals surface area contributed by atoms with Gasteiger partial charge in [0.1, 0.15) is 0 Å². The molecule has 4 heteroatoms. The summed E-state index contributed by atoms with van der Waals surface area (Å²) in [7, 11) is 2.05. The Bertz CT molecular complexity index is 452. The van der Waals surface area contributed by atoms with E-state index in [0.29, 0.717) is 12.5 Å². The summed E-state index contributed by atoms with van der Waals surface area (Å²) < 4.78 is 0. The number of carbonyl (C=O) groups excluding carboxylic acids is 1. The van der Waals surface area contributed by atoms with E-state index in [4.69, 9.17) is 0 Å². The van der Waals surface area contributed by atoms with E-state index < -0.39 is 0 Å². The molecule has 1 atom stereocenters. The van der Waals surface area contributed by atoms with Gasteiger partial charge in [-0.2, -0.15) is 0 Å². The van der Waals surface area contributed by atoms with Crippen molar-refractivity contribution in [2.24, 2.45) is 11.3 Å². The van der Waals surface area contributed by atoms with Gasteiger partial charge < -0.3 is 15.5 Å². The molecule has 1 aliphatic rings. The predicted molar refractivity (Wildman–Crippen MR) is 87.5 cm³/mol. The van der Waals surface area contributed by atoms with Crippen molar-refractivity contribution < 1.29 is 4.79 Å². The van der Waals surface area contributed by atoms with Crippen LogP contribution in [0.2, 0.25) is 0 Å². The minimum atomic E-state index is -0.231. The van der Waals surface area contributed by atoms with Crippen molar-refractivity contribution in [3.63, 3.8) is 0 Å². The fourth-order valence-electron chi connectivity index (χ4n) is 2.98. The molecular weight excluding hydrogens is 262 g/mol. The molecule has 21 heavy (non-hydrogen) atoms. The van der Waals surface area contributed by atoms with Gasteiger partial charge in [-0.15, -0.1) is 0 Å². The minimum Gasteiger partial charge on any atom is -0.373 e. The topological polar surface area (TPSA) is 44.4 Å². The van der Waals surface area contributed by atoms with Crippen LogP contribution in [0.1, 0.15) is 20.3 Å². The third kappa shape index (κ3) is 3.56. The van der Waals surface area contributed by atoms with E-state index in [1.807, 2.05) is 18.2 Å². The monoisotopic (exact) mass is 289 g/mol. The molecule has 2 rings (SSSR count). The predicted octanol–water partition coefficient (Wildman–Crippen LogP) is 1.87. The van der Waals surface area contributed by atoms with Crippen LogP contribution in [0, 0.1) is 11.3 Å². The molecule has 0 radical (unpaired) electrons. The fourth-order valence-corrected chi connectivity index (χ4v) is 2.98. The van der Waals surface area contributed by atoms with Crippen LogP contribution in [-0.4, -0.2) is 39.1 Å². The zero-order chi connectivity index (χ0) is 15.3. The van der Waals surface area contributed by atoms with E-state index >= 15 is 0 Å². The highest BCUT2D eigenvalue weighted by atomic mass is 16.2. The van der Waals surface area contributed by atoms with Crippen molar-refractivity contribution in [2.75, 3.05) is 38.1 Å². The lowest BCUT2D eigenvalue weighted by atomic mass is 9.75. The quantitative estimate of drug-likeness (QED) is 0.840. The number of nitrogens with one attached hydrogen (secondary N) is 2. The molecule has 1 amide bonds. The van der Waals surface area contributed by atoms with Gasteiger partial charge in [-0.25, -0.2) is 0 Å². The molecule has 1 saturated heterocycles. The highest BCUT2D eigenvalue weighted by Crippen LogP contribution is 2.34. The number of likely N-dealkylation sites (N-methyl/N-ethyl adjacent to an activating group) is 1. The SMILES string of the molecule is CC(C)C1(C(=O)NCCN(C)c2ccccc2)CCNC1. The molecular formula is C17H27N3O. The van der Waals surface area contributed by atoms with E-state index in [0.717, 1.165) is 26.1 Å². The molecule has 0 saturated carbocycles. The lowest BCUT2D eigenvalue weighted by Gasteiger charge is -2.31. The molecule has 1 aliphatic heterocycles. The summed E-state index contributed by atoms with van der Waals surface area (Å²) in [5.74, 6) is 0.559. The molecule has 2 N–H and O–H groups in total. The lowest BCUT2D eigenvalue weighted by Crippen LogP contribution is -2.47. The third-order valence-electron chi connectivity index (χ3n) is 4.68. The molecule has 1 aromatic rings. The number of para-hydroxylation sites is 1. The van der Waals surface area contributed by atoms with Crippen molar-refractivity contribution in [1.82, 2.24) is 10.6 Å². The Morgan fingerprint density at radius 1 is 1.38 bits per heavy atom. The highest BCUT2D eigenvalue weighted by Gasteiger charge is 2.43. The summed E-state index contributed by atoms with van der Waals surface area (Å²) in [6.45, 7) is 7.52. The van der Waals surface area contributed by atoms with Gasteiger partial charge in [0, 0.05) is 32.4 Å². The summed E-state index contributed by atoms with van der Waals surface area (Å²) in [4.78, 5) is 14.7. The Kier molecular flexibility index (Phi) is 5.23. The van der Waals surface area contributed by atoms with Crippen LogP contribution < -0.4 is 15.5 Å². The van der Waals surface area contributed by atoms with Crippen molar-refractivity contribution in [1.29, 1.82) is 0 Å². The van der Waals surface area contributed by atoms with Crippen molar-refractivity contribution in [3.05, 3.63) is 30.3 Å². The average Bonchev–Trinajstić information content (AvgIpc) is 2.99. The largest absolute Gasteiger partial charge is 0.373 e. The number of carbonyl (C=O) groups is 1. The number of nitrogens with zero attached hydrogens (tertiary/aromatic N) is 1. The van der Waals surface area contributed by atoms with Gasteiger partial charge >= 0.3 is 0 Å². The Hall–Kier alpha value is -1.55. The van der Waals surface area contributed by atoms with E-state index in [-0.39, 0.29) is 11.3 Å². The maximum atomic E-state index is 12.6. The summed E-state index contributed by atoms with van der Waals surface area (Å²) in [6.07, 6.45) is 0.936. The van der Waals surface area contributed by atoms with Gasteiger partial charge in [0.25, 0.3) is 0 Å². The number of rotatable bonds is 6. The first-order valence-electron chi connectivity index (χ1n) is 7.81. The second kappa shape index (κ2) is 6.94. The fraction of sp³-hybridized carbons (Fsp3) is 0.588. The molecule has 1 heterocycles. The standard InChI is InChI=1S/C17H27N3O/c1-14(2)17(9-10-18-13-17)16(21)19-11-12-20(3)15-7-5-4-6-8-15/h4-8,14,18H,9-13H2,1-3H3,(H,19,21). The van der Waals surface area contributed by atoms with Gasteiger partial charge in [-0.05, 0) is 31.0 Å². The Morgan fingerprint density at radius 3 is 2.67 bits per heavy atom. The molecule has 1 fully saturated rings. The van der Waals surface area contributed by atoms with Gasteiger partial charge in [-0.1, -0.05) is 32.0 Å². The minimum absolute atomic E-state index is 0.198. The molecule has 1 aromatic carbocycles. The number of hydrogen-bond donors (Lipinski definition) is 2. The Labute approximate surface area is 127 Å². The summed E-state index contributed by atoms with van der Waals surface area (Å²) in [5.41, 5.74) is 0.943. The van der Waals surface area contributed by atoms with Crippen molar-refractivity contribution in [2.45, 2.75) is 20.3 Å². The maximum absolute atomic E-state index is 12.6. The van der Waals surface area contributed by atoms with Crippen LogP contribution in [0.4, 0.5) is 5.69 Å². The number of amides is 1. The Morgan fingerprint density at radius 2 is 2.10 bits per heavy atom. The van der Waals surface area contributed by atoms with Gasteiger partial charge in [-0.3, -0.25) is 4.79 Å². The number of anilines is 1. The van der Waals surface area contributed by atoms with Crippen LogP contribution in [0.15, 0.2) is 30.3 Å². The summed E-state index contributed by atoms with van der Waals surface area (Å²) >= 11 is 0. The first-order chi connectivity index (χ1) is 10.1. The summed E-state index contributed by atoms with van der Waals surface area (Å²) in [6, 6.07) is 10.2. The van der Waals surface area contributed by atoms with E-state index in [9.17, 15) is 4.79 Å². The van der Waals surface area contributed by atoms with E-state index in [1.165, 1.54) is 5.69 Å². The Balaban J connectivity index is 1.84. The highest BCUT2D eigenvalue weighted by molar-refractivity contribution is 5.83. The molecule has 4 nitrogen and oxygen atoms in total. The van der Waals surface area contributed by atoms with Crippen LogP contribution >= 0.6 is 0 Å². The molecule has 0 bridgehead atoms. The van der Waals surface area contributed by atoms with Crippen LogP contribution in [-0.2, 0) is 4.79 Å². The van der Waals surface area contributed by atoms with E-state index in [1.54, 1.807) is 0 Å². The van der Waals surface area contributed by atoms with Crippen LogP contribution in [0.25, 0.3) is 0 Å². The first kappa shape index (κ1) is 15.8. The van der Waals surface area contributed by atoms with E-state index in [2.05, 4.69) is 48.6 Å². The van der Waals surface area contributed by atoms with Gasteiger partial charge in [0.15, 0.2) is 0 Å². The smallest absolute Gasteiger partial charge is 0.227 e. The molecule has 0 aliphatic carbocycles. The molecule has 116 valence electrons. The molecule has 0 spiro atoms. The van der Waals surface area contributed by atoms with Crippen LogP contribution in [0.5, 0.6) is 0 Å². The zero-order valence-electron chi connectivity index (χ0n) is 13.4. The summed E-state index contributed by atoms with van der Waals surface area (Å²) in [5, 5.41) is 6.46. The average molecular weight is 289 g/mol. The lowest BCUT2D eigenvalue weighted by molar-refractivity contribution is -0.132. The van der Waals surface area contributed by atoms with Crippen LogP contribution in [0.3, 0.4) is 0 Å². The molecule has 1 unspecified atom stereocenters. The normalized spacial score (nSPS) is 21.5. The maximum Gasteiger partial charge on any atom is 0.227 e. The van der Waals surface area contributed by atoms with Gasteiger partial charge in [0.05, 0.1) is 5.41 Å². The third-order valence-corrected chi connectivity index (χ3v) is 4.68. The number of benzene rings is 1. The molecule has 0 aromatic heterocycles. The van der Waals surface area contributed by atoms with Gasteiger partial charge in [0.2, 0.25) is 5.91 Å². The second-order valence-corrected chi connectivity index (χ2v) is 6.25. The zero-order valence-corrected chi connectivity index (χ0v) is 13.4. The first-order valence-corrected chi connectivity index (χ1v) is 7.81. The van der Waals surface area contributed by atoms with Crippen molar-refractivity contribution >= 4 is 11.6 Å².